The summed E-state index contributed by atoms with van der Waals surface area (Å²) >= 11 is 0. The second kappa shape index (κ2) is 4.24. The Kier molecular flexibility index (Phi) is 2.92. The minimum atomic E-state index is -0.874. The van der Waals surface area contributed by atoms with E-state index in [1.54, 1.807) is 13.8 Å². The first-order valence-corrected chi connectivity index (χ1v) is 5.74. The highest BCUT2D eigenvalue weighted by Crippen LogP contribution is 2.33. The molecule has 0 bridgehead atoms. The minimum absolute atomic E-state index is 0.315. The second-order valence-electron chi connectivity index (χ2n) is 4.41. The molecule has 0 aliphatic carbocycles. The monoisotopic (exact) mass is 232 g/mol. The highest BCUT2D eigenvalue weighted by molar-refractivity contribution is 6.17. The van der Waals surface area contributed by atoms with Crippen molar-refractivity contribution in [2.24, 2.45) is 0 Å². The van der Waals surface area contributed by atoms with E-state index in [9.17, 15) is 4.79 Å². The Hall–Kier alpha value is -1.77. The van der Waals surface area contributed by atoms with Crippen LogP contribution in [0, 0.1) is 0 Å². The first kappa shape index (κ1) is 11.7. The van der Waals surface area contributed by atoms with Gasteiger partial charge in [-0.05, 0) is 5.56 Å². The average molecular weight is 232 g/mol. The smallest absolute Gasteiger partial charge is 0.345 e. The van der Waals surface area contributed by atoms with Gasteiger partial charge in [0.1, 0.15) is 11.3 Å². The van der Waals surface area contributed by atoms with Gasteiger partial charge in [-0.1, -0.05) is 37.3 Å². The summed E-state index contributed by atoms with van der Waals surface area (Å²) in [4.78, 5) is 12.0. The molecule has 1 aromatic carbocycles. The van der Waals surface area contributed by atoms with Gasteiger partial charge in [0.2, 0.25) is 5.79 Å². The van der Waals surface area contributed by atoms with Crippen LogP contribution in [0.25, 0.3) is 5.57 Å². The predicted octanol–water partition coefficient (Wildman–Crippen LogP) is 3.12. The summed E-state index contributed by atoms with van der Waals surface area (Å²) in [7, 11) is 0. The van der Waals surface area contributed by atoms with Gasteiger partial charge in [0, 0.05) is 20.3 Å². The Labute approximate surface area is 101 Å². The zero-order valence-electron chi connectivity index (χ0n) is 10.3. The van der Waals surface area contributed by atoms with E-state index in [4.69, 9.17) is 9.47 Å². The summed E-state index contributed by atoms with van der Waals surface area (Å²) in [5, 5.41) is 0. The molecule has 0 saturated heterocycles. The third kappa shape index (κ3) is 2.33. The minimum Gasteiger partial charge on any atom is -0.456 e. The number of carbonyl (C=O) groups excluding carboxylic acids is 1. The number of hydrogen-bond donors (Lipinski definition) is 0. The van der Waals surface area contributed by atoms with Gasteiger partial charge >= 0.3 is 5.97 Å². The van der Waals surface area contributed by atoms with Crippen molar-refractivity contribution in [3.05, 3.63) is 41.7 Å². The van der Waals surface area contributed by atoms with E-state index in [1.165, 1.54) is 0 Å². The van der Waals surface area contributed by atoms with Crippen LogP contribution in [0.4, 0.5) is 0 Å². The third-order valence-corrected chi connectivity index (χ3v) is 2.57. The van der Waals surface area contributed by atoms with E-state index in [0.29, 0.717) is 17.8 Å². The summed E-state index contributed by atoms with van der Waals surface area (Å²) in [5.74, 6) is -0.498. The molecule has 0 saturated carbocycles. The fraction of sp³-hybridized carbons (Fsp3) is 0.357. The molecule has 0 amide bonds. The van der Waals surface area contributed by atoms with E-state index < -0.39 is 5.79 Å². The summed E-state index contributed by atoms with van der Waals surface area (Å²) < 4.78 is 11.0. The molecule has 3 nitrogen and oxygen atoms in total. The van der Waals surface area contributed by atoms with Crippen LogP contribution in [0.2, 0.25) is 0 Å². The van der Waals surface area contributed by atoms with Crippen LogP contribution in [0.3, 0.4) is 0 Å². The maximum absolute atomic E-state index is 12.0. The van der Waals surface area contributed by atoms with Crippen molar-refractivity contribution < 1.29 is 14.3 Å². The van der Waals surface area contributed by atoms with Crippen LogP contribution in [-0.2, 0) is 14.3 Å². The van der Waals surface area contributed by atoms with Crippen molar-refractivity contribution >= 4 is 11.5 Å². The fourth-order valence-electron chi connectivity index (χ4n) is 1.89. The van der Waals surface area contributed by atoms with Crippen LogP contribution in [0.5, 0.6) is 0 Å². The first-order valence-electron chi connectivity index (χ1n) is 5.74. The molecule has 1 aliphatic rings. The lowest BCUT2D eigenvalue weighted by molar-refractivity contribution is -0.203. The molecular weight excluding hydrogens is 216 g/mol. The Morgan fingerprint density at radius 3 is 2.35 bits per heavy atom. The Bertz CT molecular complexity index is 458. The number of esters is 1. The molecule has 0 spiro atoms. The lowest BCUT2D eigenvalue weighted by atomic mass is 10.0. The van der Waals surface area contributed by atoms with Crippen molar-refractivity contribution in [3.63, 3.8) is 0 Å². The molecular formula is C14H16O3. The van der Waals surface area contributed by atoms with Crippen LogP contribution >= 0.6 is 0 Å². The topological polar surface area (TPSA) is 35.5 Å². The predicted molar refractivity (Wildman–Crippen MR) is 64.9 cm³/mol. The van der Waals surface area contributed by atoms with E-state index >= 15 is 0 Å². The van der Waals surface area contributed by atoms with E-state index in [-0.39, 0.29) is 5.97 Å². The summed E-state index contributed by atoms with van der Waals surface area (Å²) in [6, 6.07) is 9.46. The van der Waals surface area contributed by atoms with E-state index in [1.807, 2.05) is 37.3 Å². The van der Waals surface area contributed by atoms with Crippen LogP contribution in [0.15, 0.2) is 36.1 Å². The number of benzene rings is 1. The summed E-state index contributed by atoms with van der Waals surface area (Å²) in [5.41, 5.74) is 1.37. The first-order chi connectivity index (χ1) is 8.03. The van der Waals surface area contributed by atoms with E-state index in [0.717, 1.165) is 5.56 Å². The van der Waals surface area contributed by atoms with Gasteiger partial charge < -0.3 is 9.47 Å². The summed E-state index contributed by atoms with van der Waals surface area (Å²) in [6.07, 6.45) is 0.669. The number of rotatable bonds is 2. The highest BCUT2D eigenvalue weighted by atomic mass is 16.7. The van der Waals surface area contributed by atoms with Crippen LogP contribution in [-0.4, -0.2) is 11.8 Å². The Balaban J connectivity index is 2.49. The van der Waals surface area contributed by atoms with Crippen molar-refractivity contribution in [3.8, 4) is 0 Å². The maximum atomic E-state index is 12.0. The van der Waals surface area contributed by atoms with E-state index in [2.05, 4.69) is 0 Å². The largest absolute Gasteiger partial charge is 0.456 e. The number of cyclic esters (lactones) is 1. The number of ether oxygens (including phenoxy) is 2. The molecule has 2 rings (SSSR count). The molecule has 0 fully saturated rings. The molecule has 0 aromatic heterocycles. The van der Waals surface area contributed by atoms with Crippen LogP contribution in [0.1, 0.15) is 32.8 Å². The van der Waals surface area contributed by atoms with Gasteiger partial charge in [0.25, 0.3) is 0 Å². The quantitative estimate of drug-likeness (QED) is 0.735. The normalized spacial score (nSPS) is 18.6. The summed E-state index contributed by atoms with van der Waals surface area (Å²) in [6.45, 7) is 5.44. The zero-order chi connectivity index (χ0) is 12.5. The zero-order valence-corrected chi connectivity index (χ0v) is 10.3. The maximum Gasteiger partial charge on any atom is 0.345 e. The molecule has 1 heterocycles. The van der Waals surface area contributed by atoms with Crippen molar-refractivity contribution in [1.82, 2.24) is 0 Å². The molecule has 0 radical (unpaired) electrons. The SMILES string of the molecule is CCC1=C(c2ccccc2)C(=O)OC(C)(C)O1. The van der Waals surface area contributed by atoms with Crippen LogP contribution < -0.4 is 0 Å². The second-order valence-corrected chi connectivity index (χ2v) is 4.41. The number of hydrogen-bond acceptors (Lipinski definition) is 3. The number of allylic oxidation sites excluding steroid dienone is 1. The lowest BCUT2D eigenvalue weighted by Crippen LogP contribution is -2.36. The van der Waals surface area contributed by atoms with Gasteiger partial charge in [-0.25, -0.2) is 4.79 Å². The lowest BCUT2D eigenvalue weighted by Gasteiger charge is -2.33. The van der Waals surface area contributed by atoms with Gasteiger partial charge in [0.15, 0.2) is 0 Å². The van der Waals surface area contributed by atoms with Crippen molar-refractivity contribution in [2.75, 3.05) is 0 Å². The van der Waals surface area contributed by atoms with Gasteiger partial charge in [-0.15, -0.1) is 0 Å². The molecule has 3 heteroatoms. The molecule has 0 N–H and O–H groups in total. The molecule has 0 unspecified atom stereocenters. The highest BCUT2D eigenvalue weighted by Gasteiger charge is 2.35. The standard InChI is InChI=1S/C14H16O3/c1-4-11-12(10-8-6-5-7-9-10)13(15)17-14(2,3)16-11/h5-9H,4H2,1-3H3. The van der Waals surface area contributed by atoms with Crippen molar-refractivity contribution in [1.29, 1.82) is 0 Å². The molecule has 1 aromatic rings. The van der Waals surface area contributed by atoms with Crippen molar-refractivity contribution in [2.45, 2.75) is 33.0 Å². The molecule has 1 aliphatic heterocycles. The molecule has 17 heavy (non-hydrogen) atoms. The average Bonchev–Trinajstić information content (AvgIpc) is 2.28. The van der Waals surface area contributed by atoms with Gasteiger partial charge in [0.05, 0.1) is 0 Å². The Morgan fingerprint density at radius 1 is 1.12 bits per heavy atom. The van der Waals surface area contributed by atoms with Gasteiger partial charge in [-0.3, -0.25) is 0 Å². The molecule has 0 atom stereocenters. The molecule has 90 valence electrons. The van der Waals surface area contributed by atoms with Gasteiger partial charge in [-0.2, -0.15) is 0 Å². The third-order valence-electron chi connectivity index (χ3n) is 2.57. The fourth-order valence-corrected chi connectivity index (χ4v) is 1.89. The number of carbonyl (C=O) groups is 1. The Morgan fingerprint density at radius 2 is 1.76 bits per heavy atom.